The second-order valence-corrected chi connectivity index (χ2v) is 5.26. The number of carbonyl (C=O) groups excluding carboxylic acids is 2. The summed E-state index contributed by atoms with van der Waals surface area (Å²) in [4.78, 5) is 25.3. The lowest BCUT2D eigenvalue weighted by molar-refractivity contribution is -0.118. The van der Waals surface area contributed by atoms with Gasteiger partial charge in [-0.1, -0.05) is 12.1 Å². The Morgan fingerprint density at radius 2 is 2.19 bits per heavy atom. The van der Waals surface area contributed by atoms with E-state index in [-0.39, 0.29) is 17.4 Å². The molecule has 21 heavy (non-hydrogen) atoms. The second-order valence-electron chi connectivity index (χ2n) is 4.48. The molecular weight excluding hydrogens is 290 g/mol. The van der Waals surface area contributed by atoms with Crippen LogP contribution in [0.5, 0.6) is 0 Å². The maximum atomic E-state index is 12.1. The van der Waals surface area contributed by atoms with E-state index in [4.69, 9.17) is 10.3 Å². The third kappa shape index (κ3) is 2.97. The van der Waals surface area contributed by atoms with Crippen LogP contribution in [0.2, 0.25) is 0 Å². The van der Waals surface area contributed by atoms with Crippen molar-refractivity contribution in [3.05, 3.63) is 22.4 Å². The number of hydrogen-bond acceptors (Lipinski definition) is 5. The number of hydrogen-bond donors (Lipinski definition) is 1. The molecule has 2 heterocycles. The minimum atomic E-state index is -0.657. The summed E-state index contributed by atoms with van der Waals surface area (Å²) in [6, 6.07) is 1.82. The van der Waals surface area contributed by atoms with Gasteiger partial charge in [0, 0.05) is 23.9 Å². The molecule has 2 aromatic heterocycles. The molecule has 0 saturated carbocycles. The van der Waals surface area contributed by atoms with Crippen LogP contribution in [0.25, 0.3) is 11.3 Å². The first-order valence-electron chi connectivity index (χ1n) is 6.72. The number of aromatic nitrogens is 1. The largest absolute Gasteiger partial charge is 0.365 e. The van der Waals surface area contributed by atoms with Crippen LogP contribution in [0, 0.1) is 0 Å². The summed E-state index contributed by atoms with van der Waals surface area (Å²) >= 11 is 1.48. The zero-order valence-electron chi connectivity index (χ0n) is 12.0. The van der Waals surface area contributed by atoms with Gasteiger partial charge in [-0.05, 0) is 24.8 Å². The lowest BCUT2D eigenvalue weighted by Crippen LogP contribution is -2.31. The SMILES string of the molecule is CCCC(=O)N(CC)c1onc(-c2ccsc2)c1C(N)=O. The Kier molecular flexibility index (Phi) is 4.74. The van der Waals surface area contributed by atoms with Crippen molar-refractivity contribution < 1.29 is 14.1 Å². The fraction of sp³-hybridized carbons (Fsp3) is 0.357. The molecule has 6 nitrogen and oxygen atoms in total. The van der Waals surface area contributed by atoms with Gasteiger partial charge in [0.2, 0.25) is 11.8 Å². The lowest BCUT2D eigenvalue weighted by Gasteiger charge is -2.17. The first-order chi connectivity index (χ1) is 10.1. The van der Waals surface area contributed by atoms with Gasteiger partial charge in [0.05, 0.1) is 0 Å². The maximum absolute atomic E-state index is 12.1. The molecule has 2 amide bonds. The van der Waals surface area contributed by atoms with Crippen LogP contribution < -0.4 is 10.6 Å². The molecule has 0 fully saturated rings. The predicted molar refractivity (Wildman–Crippen MR) is 81.3 cm³/mol. The molecule has 0 bridgehead atoms. The number of amides is 2. The van der Waals surface area contributed by atoms with E-state index in [1.165, 1.54) is 16.2 Å². The third-order valence-corrected chi connectivity index (χ3v) is 3.72. The Labute approximate surface area is 126 Å². The Balaban J connectivity index is 2.49. The summed E-state index contributed by atoms with van der Waals surface area (Å²) in [5, 5.41) is 7.64. The number of rotatable bonds is 6. The highest BCUT2D eigenvalue weighted by Crippen LogP contribution is 2.32. The van der Waals surface area contributed by atoms with Crippen LogP contribution in [-0.4, -0.2) is 23.5 Å². The second kappa shape index (κ2) is 6.53. The fourth-order valence-electron chi connectivity index (χ4n) is 2.07. The fourth-order valence-corrected chi connectivity index (χ4v) is 2.71. The van der Waals surface area contributed by atoms with Crippen molar-refractivity contribution in [3.8, 4) is 11.3 Å². The minimum absolute atomic E-state index is 0.115. The monoisotopic (exact) mass is 307 g/mol. The van der Waals surface area contributed by atoms with Crippen molar-refractivity contribution in [1.82, 2.24) is 5.16 Å². The molecule has 0 saturated heterocycles. The van der Waals surface area contributed by atoms with Crippen LogP contribution >= 0.6 is 11.3 Å². The molecule has 0 radical (unpaired) electrons. The van der Waals surface area contributed by atoms with Crippen molar-refractivity contribution in [2.45, 2.75) is 26.7 Å². The van der Waals surface area contributed by atoms with Crippen molar-refractivity contribution in [2.24, 2.45) is 5.73 Å². The van der Waals surface area contributed by atoms with Gasteiger partial charge in [-0.25, -0.2) is 0 Å². The van der Waals surface area contributed by atoms with E-state index in [0.717, 1.165) is 5.56 Å². The smallest absolute Gasteiger partial charge is 0.256 e. The van der Waals surface area contributed by atoms with E-state index >= 15 is 0 Å². The van der Waals surface area contributed by atoms with Crippen molar-refractivity contribution in [1.29, 1.82) is 0 Å². The van der Waals surface area contributed by atoms with Crippen molar-refractivity contribution >= 4 is 29.0 Å². The van der Waals surface area contributed by atoms with Gasteiger partial charge >= 0.3 is 0 Å². The van der Waals surface area contributed by atoms with Gasteiger partial charge in [-0.2, -0.15) is 11.3 Å². The number of thiophene rings is 1. The topological polar surface area (TPSA) is 89.4 Å². The predicted octanol–water partition coefficient (Wildman–Crippen LogP) is 2.66. The van der Waals surface area contributed by atoms with Gasteiger partial charge in [-0.3, -0.25) is 14.5 Å². The van der Waals surface area contributed by atoms with Gasteiger partial charge < -0.3 is 10.3 Å². The third-order valence-electron chi connectivity index (χ3n) is 3.04. The lowest BCUT2D eigenvalue weighted by atomic mass is 10.1. The van der Waals surface area contributed by atoms with Gasteiger partial charge in [0.25, 0.3) is 5.91 Å². The molecule has 0 unspecified atom stereocenters. The van der Waals surface area contributed by atoms with E-state index in [1.807, 2.05) is 30.7 Å². The number of carbonyl (C=O) groups is 2. The van der Waals surface area contributed by atoms with Crippen molar-refractivity contribution in [2.75, 3.05) is 11.4 Å². The average Bonchev–Trinajstić information content (AvgIpc) is 3.08. The highest BCUT2D eigenvalue weighted by atomic mass is 32.1. The summed E-state index contributed by atoms with van der Waals surface area (Å²) in [6.07, 6.45) is 1.09. The van der Waals surface area contributed by atoms with Crippen molar-refractivity contribution in [3.63, 3.8) is 0 Å². The molecule has 112 valence electrons. The number of anilines is 1. The molecule has 2 N–H and O–H groups in total. The molecule has 0 aliphatic carbocycles. The number of nitrogens with two attached hydrogens (primary N) is 1. The molecule has 2 aromatic rings. The van der Waals surface area contributed by atoms with Crippen LogP contribution in [0.15, 0.2) is 21.3 Å². The van der Waals surface area contributed by atoms with E-state index in [1.54, 1.807) is 0 Å². The summed E-state index contributed by atoms with van der Waals surface area (Å²) < 4.78 is 5.26. The zero-order valence-corrected chi connectivity index (χ0v) is 12.8. The van der Waals surface area contributed by atoms with E-state index < -0.39 is 5.91 Å². The molecule has 0 aliphatic heterocycles. The number of nitrogens with zero attached hydrogens (tertiary/aromatic N) is 2. The molecular formula is C14H17N3O3S. The zero-order chi connectivity index (χ0) is 15.4. The number of primary amides is 1. The van der Waals surface area contributed by atoms with Gasteiger partial charge in [0.15, 0.2) is 0 Å². The first kappa shape index (κ1) is 15.2. The summed E-state index contributed by atoms with van der Waals surface area (Å²) in [5.74, 6) is -0.643. The van der Waals surface area contributed by atoms with Crippen LogP contribution in [0.3, 0.4) is 0 Å². The van der Waals surface area contributed by atoms with Gasteiger partial charge in [0.1, 0.15) is 11.3 Å². The van der Waals surface area contributed by atoms with Crippen LogP contribution in [0.1, 0.15) is 37.0 Å². The summed E-state index contributed by atoms with van der Waals surface area (Å²) in [6.45, 7) is 4.11. The Morgan fingerprint density at radius 3 is 2.71 bits per heavy atom. The molecule has 7 heteroatoms. The molecule has 0 atom stereocenters. The van der Waals surface area contributed by atoms with E-state index in [9.17, 15) is 9.59 Å². The van der Waals surface area contributed by atoms with Gasteiger partial charge in [-0.15, -0.1) is 0 Å². The highest BCUT2D eigenvalue weighted by Gasteiger charge is 2.28. The maximum Gasteiger partial charge on any atom is 0.256 e. The van der Waals surface area contributed by atoms with Crippen LogP contribution in [-0.2, 0) is 4.79 Å². The van der Waals surface area contributed by atoms with Crippen LogP contribution in [0.4, 0.5) is 5.88 Å². The Hall–Kier alpha value is -2.15. The molecule has 0 spiro atoms. The summed E-state index contributed by atoms with van der Waals surface area (Å²) in [7, 11) is 0. The normalized spacial score (nSPS) is 10.6. The minimum Gasteiger partial charge on any atom is -0.365 e. The highest BCUT2D eigenvalue weighted by molar-refractivity contribution is 7.08. The Bertz CT molecular complexity index is 634. The van der Waals surface area contributed by atoms with E-state index in [0.29, 0.717) is 25.1 Å². The average molecular weight is 307 g/mol. The summed E-state index contributed by atoms with van der Waals surface area (Å²) in [5.41, 5.74) is 6.74. The van der Waals surface area contributed by atoms with E-state index in [2.05, 4.69) is 5.16 Å². The quantitative estimate of drug-likeness (QED) is 0.888. The Morgan fingerprint density at radius 1 is 1.43 bits per heavy atom. The standard InChI is InChI=1S/C14H17N3O3S/c1-3-5-10(18)17(4-2)14-11(13(15)19)12(16-20-14)9-6-7-21-8-9/h6-8H,3-5H2,1-2H3,(H2,15,19). The first-order valence-corrected chi connectivity index (χ1v) is 7.66. The molecule has 0 aliphatic rings. The molecule has 0 aromatic carbocycles. The molecule has 2 rings (SSSR count).